The Labute approximate surface area is 317 Å². The Hall–Kier alpha value is -6.54. The molecule has 2 amide bonds. The summed E-state index contributed by atoms with van der Waals surface area (Å²) in [4.78, 5) is 32.4. The Morgan fingerprint density at radius 2 is 0.685 bits per heavy atom. The molecule has 6 aromatic rings. The summed E-state index contributed by atoms with van der Waals surface area (Å²) in [5.41, 5.74) is 2.81. The molecule has 0 unspecified atom stereocenters. The van der Waals surface area contributed by atoms with E-state index in [2.05, 4.69) is 0 Å². The number of hydrogen-bond donors (Lipinski definition) is 0. The van der Waals surface area contributed by atoms with Crippen LogP contribution in [0.4, 0.5) is 0 Å². The maximum atomic E-state index is 14.4. The predicted octanol–water partition coefficient (Wildman–Crippen LogP) is 8.59. The fraction of sp³-hybridized carbons (Fsp3) is 0.174. The van der Waals surface area contributed by atoms with Crippen LogP contribution >= 0.6 is 0 Å². The van der Waals surface area contributed by atoms with Crippen molar-refractivity contribution < 1.29 is 28.5 Å². The lowest BCUT2D eigenvalue weighted by Gasteiger charge is -2.29. The lowest BCUT2D eigenvalue weighted by atomic mass is 10.1. The number of benzene rings is 6. The van der Waals surface area contributed by atoms with Gasteiger partial charge >= 0.3 is 0 Å². The molecule has 6 aromatic carbocycles. The van der Waals surface area contributed by atoms with Crippen molar-refractivity contribution in [3.63, 3.8) is 0 Å². The van der Waals surface area contributed by atoms with E-state index in [-0.39, 0.29) is 38.1 Å². The van der Waals surface area contributed by atoms with Gasteiger partial charge in [0.05, 0.1) is 11.1 Å². The zero-order chi connectivity index (χ0) is 37.2. The van der Waals surface area contributed by atoms with E-state index in [0.717, 1.165) is 22.6 Å². The first-order valence-electron chi connectivity index (χ1n) is 18.1. The molecule has 0 aromatic heterocycles. The molecule has 0 heterocycles. The maximum absolute atomic E-state index is 14.4. The molecule has 6 rings (SSSR count). The van der Waals surface area contributed by atoms with Gasteiger partial charge in [-0.1, -0.05) is 121 Å². The Morgan fingerprint density at radius 3 is 1.07 bits per heavy atom. The Balaban J connectivity index is 1.19. The van der Waals surface area contributed by atoms with Crippen LogP contribution < -0.4 is 18.9 Å². The molecule has 0 radical (unpaired) electrons. The summed E-state index contributed by atoms with van der Waals surface area (Å²) in [7, 11) is 0. The average molecular weight is 721 g/mol. The molecule has 0 aliphatic rings. The third-order valence-electron chi connectivity index (χ3n) is 8.59. The summed E-state index contributed by atoms with van der Waals surface area (Å²) >= 11 is 0. The lowest BCUT2D eigenvalue weighted by molar-refractivity contribution is 0.0639. The molecule has 0 aliphatic carbocycles. The van der Waals surface area contributed by atoms with E-state index in [9.17, 15) is 9.59 Å². The van der Waals surface area contributed by atoms with Crippen molar-refractivity contribution in [3.05, 3.63) is 192 Å². The van der Waals surface area contributed by atoms with Crippen LogP contribution in [0.1, 0.15) is 31.8 Å². The van der Waals surface area contributed by atoms with Crippen LogP contribution in [0.2, 0.25) is 0 Å². The standard InChI is InChI=1S/C46H44N2O6/c49-45(41-25-13-15-27-43(41)53-33-31-51-39-21-9-3-10-22-39)47(35-37-17-5-1-6-18-37)29-30-48(36-38-19-7-2-8-20-38)46(50)42-26-14-16-28-44(42)54-34-32-52-40-23-11-4-12-24-40/h1-28H,29-36H2. The van der Waals surface area contributed by atoms with Gasteiger partial charge in [0.15, 0.2) is 0 Å². The highest BCUT2D eigenvalue weighted by atomic mass is 16.5. The second-order valence-corrected chi connectivity index (χ2v) is 12.4. The largest absolute Gasteiger partial charge is 0.490 e. The van der Waals surface area contributed by atoms with Gasteiger partial charge in [0.25, 0.3) is 11.8 Å². The third kappa shape index (κ3) is 11.0. The fourth-order valence-corrected chi connectivity index (χ4v) is 5.89. The molecular formula is C46H44N2O6. The minimum atomic E-state index is -0.201. The summed E-state index contributed by atoms with van der Waals surface area (Å²) in [5, 5.41) is 0. The normalized spacial score (nSPS) is 10.6. The number of ether oxygens (including phenoxy) is 4. The van der Waals surface area contributed by atoms with Crippen molar-refractivity contribution >= 4 is 11.8 Å². The molecule has 0 N–H and O–H groups in total. The van der Waals surface area contributed by atoms with Gasteiger partial charge in [0.1, 0.15) is 49.4 Å². The van der Waals surface area contributed by atoms with Crippen LogP contribution in [-0.2, 0) is 13.1 Å². The minimum Gasteiger partial charge on any atom is -0.490 e. The number of hydrogen-bond acceptors (Lipinski definition) is 6. The smallest absolute Gasteiger partial charge is 0.257 e. The number of carbonyl (C=O) groups is 2. The zero-order valence-corrected chi connectivity index (χ0v) is 30.2. The number of para-hydroxylation sites is 4. The molecule has 0 spiro atoms. The molecule has 0 aliphatic heterocycles. The molecule has 8 heteroatoms. The summed E-state index contributed by atoms with van der Waals surface area (Å²) in [6, 6.07) is 53.2. The highest BCUT2D eigenvalue weighted by Crippen LogP contribution is 2.24. The van der Waals surface area contributed by atoms with Gasteiger partial charge in [-0.25, -0.2) is 0 Å². The summed E-state index contributed by atoms with van der Waals surface area (Å²) in [6.45, 7) is 2.40. The van der Waals surface area contributed by atoms with Crippen molar-refractivity contribution in [2.75, 3.05) is 39.5 Å². The molecular weight excluding hydrogens is 677 g/mol. The fourth-order valence-electron chi connectivity index (χ4n) is 5.89. The summed E-state index contributed by atoms with van der Waals surface area (Å²) < 4.78 is 23.8. The average Bonchev–Trinajstić information content (AvgIpc) is 3.23. The highest BCUT2D eigenvalue weighted by molar-refractivity contribution is 5.98. The lowest BCUT2D eigenvalue weighted by Crippen LogP contribution is -2.41. The van der Waals surface area contributed by atoms with Crippen LogP contribution in [0.15, 0.2) is 170 Å². The molecule has 0 bridgehead atoms. The van der Waals surface area contributed by atoms with E-state index in [1.807, 2.05) is 146 Å². The first kappa shape index (κ1) is 37.2. The van der Waals surface area contributed by atoms with Crippen LogP contribution in [0.5, 0.6) is 23.0 Å². The van der Waals surface area contributed by atoms with Crippen LogP contribution in [-0.4, -0.2) is 61.1 Å². The van der Waals surface area contributed by atoms with Crippen molar-refractivity contribution in [2.45, 2.75) is 13.1 Å². The van der Waals surface area contributed by atoms with E-state index in [4.69, 9.17) is 18.9 Å². The van der Waals surface area contributed by atoms with Crippen LogP contribution in [0.3, 0.4) is 0 Å². The number of amides is 2. The number of carbonyl (C=O) groups excluding carboxylic acids is 2. The SMILES string of the molecule is O=C(c1ccccc1OCCOc1ccccc1)N(CCN(Cc1ccccc1)C(=O)c1ccccc1OCCOc1ccccc1)Cc1ccccc1. The number of nitrogens with zero attached hydrogens (tertiary/aromatic N) is 2. The summed E-state index contributed by atoms with van der Waals surface area (Å²) in [5.74, 6) is 2.04. The van der Waals surface area contributed by atoms with E-state index in [0.29, 0.717) is 48.9 Å². The van der Waals surface area contributed by atoms with Gasteiger partial charge in [-0.15, -0.1) is 0 Å². The van der Waals surface area contributed by atoms with Crippen LogP contribution in [0.25, 0.3) is 0 Å². The second kappa shape index (κ2) is 19.9. The van der Waals surface area contributed by atoms with Crippen LogP contribution in [0, 0.1) is 0 Å². The predicted molar refractivity (Wildman–Crippen MR) is 210 cm³/mol. The van der Waals surface area contributed by atoms with Gasteiger partial charge < -0.3 is 28.7 Å². The molecule has 274 valence electrons. The van der Waals surface area contributed by atoms with Gasteiger partial charge in [-0.2, -0.15) is 0 Å². The minimum absolute atomic E-state index is 0.201. The van der Waals surface area contributed by atoms with Crippen molar-refractivity contribution in [2.24, 2.45) is 0 Å². The third-order valence-corrected chi connectivity index (χ3v) is 8.59. The topological polar surface area (TPSA) is 77.5 Å². The molecule has 0 saturated carbocycles. The van der Waals surface area contributed by atoms with Crippen molar-refractivity contribution in [1.29, 1.82) is 0 Å². The molecule has 8 nitrogen and oxygen atoms in total. The summed E-state index contributed by atoms with van der Waals surface area (Å²) in [6.07, 6.45) is 0. The van der Waals surface area contributed by atoms with Gasteiger partial charge in [0.2, 0.25) is 0 Å². The Bertz CT molecular complexity index is 1880. The Morgan fingerprint density at radius 1 is 0.370 bits per heavy atom. The first-order valence-corrected chi connectivity index (χ1v) is 18.1. The quantitative estimate of drug-likeness (QED) is 0.0781. The van der Waals surface area contributed by atoms with E-state index < -0.39 is 0 Å². The molecule has 0 fully saturated rings. The van der Waals surface area contributed by atoms with E-state index >= 15 is 0 Å². The molecule has 0 atom stereocenters. The maximum Gasteiger partial charge on any atom is 0.257 e. The molecule has 0 saturated heterocycles. The number of rotatable bonds is 19. The van der Waals surface area contributed by atoms with Crippen molar-refractivity contribution in [1.82, 2.24) is 9.80 Å². The zero-order valence-electron chi connectivity index (χ0n) is 30.2. The second-order valence-electron chi connectivity index (χ2n) is 12.4. The highest BCUT2D eigenvalue weighted by Gasteiger charge is 2.25. The molecule has 54 heavy (non-hydrogen) atoms. The van der Waals surface area contributed by atoms with Gasteiger partial charge in [0, 0.05) is 26.2 Å². The first-order chi connectivity index (χ1) is 26.6. The Kier molecular flexibility index (Phi) is 13.7. The van der Waals surface area contributed by atoms with E-state index in [1.165, 1.54) is 0 Å². The van der Waals surface area contributed by atoms with Gasteiger partial charge in [-0.05, 0) is 59.7 Å². The van der Waals surface area contributed by atoms with E-state index in [1.54, 1.807) is 34.1 Å². The monoisotopic (exact) mass is 720 g/mol. The van der Waals surface area contributed by atoms with Crippen molar-refractivity contribution in [3.8, 4) is 23.0 Å². The van der Waals surface area contributed by atoms with Gasteiger partial charge in [-0.3, -0.25) is 9.59 Å².